The van der Waals surface area contributed by atoms with E-state index in [4.69, 9.17) is 14.2 Å². The number of piperazine rings is 1. The third kappa shape index (κ3) is 7.40. The lowest BCUT2D eigenvalue weighted by Crippen LogP contribution is -2.51. The largest absolute Gasteiger partial charge is 0.490 e. The highest BCUT2D eigenvalue weighted by Gasteiger charge is 2.25. The molecule has 30 heavy (non-hydrogen) atoms. The maximum Gasteiger partial charge on any atom is 0.410 e. The first-order valence-electron chi connectivity index (χ1n) is 10.6. The molecule has 0 unspecified atom stereocenters. The second kappa shape index (κ2) is 11.1. The molecule has 1 aliphatic heterocycles. The molecule has 0 aliphatic carbocycles. The Morgan fingerprint density at radius 2 is 1.63 bits per heavy atom. The smallest absolute Gasteiger partial charge is 0.410 e. The minimum absolute atomic E-state index is 0.147. The number of benzene rings is 1. The topological polar surface area (TPSA) is 80.3 Å². The molecule has 1 heterocycles. The second-order valence-corrected chi connectivity index (χ2v) is 8.09. The summed E-state index contributed by atoms with van der Waals surface area (Å²) in [6.45, 7) is 14.5. The van der Waals surface area contributed by atoms with Crippen LogP contribution in [0.3, 0.4) is 0 Å². The summed E-state index contributed by atoms with van der Waals surface area (Å²) < 4.78 is 16.5. The second-order valence-electron chi connectivity index (χ2n) is 8.09. The van der Waals surface area contributed by atoms with Crippen LogP contribution >= 0.6 is 0 Å². The van der Waals surface area contributed by atoms with E-state index in [1.54, 1.807) is 23.1 Å². The van der Waals surface area contributed by atoms with Crippen molar-refractivity contribution in [3.63, 3.8) is 0 Å². The summed E-state index contributed by atoms with van der Waals surface area (Å²) in [5, 5.41) is 2.95. The average Bonchev–Trinajstić information content (AvgIpc) is 2.68. The predicted octanol–water partition coefficient (Wildman–Crippen LogP) is 2.77. The first-order valence-corrected chi connectivity index (χ1v) is 10.6. The minimum atomic E-state index is -0.485. The van der Waals surface area contributed by atoms with Gasteiger partial charge in [-0.25, -0.2) is 4.79 Å². The zero-order valence-electron chi connectivity index (χ0n) is 18.8. The molecule has 0 atom stereocenters. The Kier molecular flexibility index (Phi) is 8.77. The van der Waals surface area contributed by atoms with Crippen LogP contribution in [0.4, 0.5) is 4.79 Å². The Morgan fingerprint density at radius 3 is 2.23 bits per heavy atom. The van der Waals surface area contributed by atoms with Gasteiger partial charge in [-0.2, -0.15) is 0 Å². The van der Waals surface area contributed by atoms with Crippen LogP contribution in [0.1, 0.15) is 45.0 Å². The molecule has 8 heteroatoms. The van der Waals surface area contributed by atoms with Gasteiger partial charge in [0, 0.05) is 44.8 Å². The third-order valence-electron chi connectivity index (χ3n) is 4.54. The van der Waals surface area contributed by atoms with E-state index in [1.807, 2.05) is 34.6 Å². The average molecular weight is 422 g/mol. The SMILES string of the molecule is CCOc1ccc(C(=O)NCCN2CCN(C(=O)OC(C)(C)C)CC2)cc1OCC. The molecule has 1 aliphatic rings. The van der Waals surface area contributed by atoms with E-state index in [0.29, 0.717) is 49.9 Å². The quantitative estimate of drug-likeness (QED) is 0.695. The van der Waals surface area contributed by atoms with Crippen molar-refractivity contribution < 1.29 is 23.8 Å². The molecule has 1 saturated heterocycles. The highest BCUT2D eigenvalue weighted by molar-refractivity contribution is 5.94. The summed E-state index contributed by atoms with van der Waals surface area (Å²) in [6, 6.07) is 5.21. The summed E-state index contributed by atoms with van der Waals surface area (Å²) in [6.07, 6.45) is -0.268. The molecule has 0 aromatic heterocycles. The van der Waals surface area contributed by atoms with Crippen LogP contribution in [0.25, 0.3) is 0 Å². The van der Waals surface area contributed by atoms with Crippen molar-refractivity contribution in [2.24, 2.45) is 0 Å². The van der Waals surface area contributed by atoms with Crippen molar-refractivity contribution in [1.82, 2.24) is 15.1 Å². The van der Waals surface area contributed by atoms with Crippen LogP contribution in [-0.4, -0.2) is 79.9 Å². The van der Waals surface area contributed by atoms with Gasteiger partial charge >= 0.3 is 6.09 Å². The molecule has 0 spiro atoms. The van der Waals surface area contributed by atoms with Crippen LogP contribution in [0.15, 0.2) is 18.2 Å². The van der Waals surface area contributed by atoms with E-state index < -0.39 is 5.60 Å². The molecule has 0 saturated carbocycles. The number of nitrogens with zero attached hydrogens (tertiary/aromatic N) is 2. The number of carbonyl (C=O) groups is 2. The van der Waals surface area contributed by atoms with Gasteiger partial charge in [-0.15, -0.1) is 0 Å². The van der Waals surface area contributed by atoms with Crippen molar-refractivity contribution in [1.29, 1.82) is 0 Å². The lowest BCUT2D eigenvalue weighted by Gasteiger charge is -2.35. The van der Waals surface area contributed by atoms with E-state index in [1.165, 1.54) is 0 Å². The van der Waals surface area contributed by atoms with Gasteiger partial charge in [0.2, 0.25) is 0 Å². The normalized spacial score (nSPS) is 14.9. The van der Waals surface area contributed by atoms with Crippen LogP contribution in [0.2, 0.25) is 0 Å². The molecule has 0 radical (unpaired) electrons. The van der Waals surface area contributed by atoms with Crippen molar-refractivity contribution >= 4 is 12.0 Å². The minimum Gasteiger partial charge on any atom is -0.490 e. The fourth-order valence-electron chi connectivity index (χ4n) is 3.10. The zero-order chi connectivity index (χ0) is 22.1. The van der Waals surface area contributed by atoms with Gasteiger partial charge in [-0.3, -0.25) is 9.69 Å². The molecule has 0 bridgehead atoms. The lowest BCUT2D eigenvalue weighted by molar-refractivity contribution is 0.0147. The van der Waals surface area contributed by atoms with Crippen LogP contribution < -0.4 is 14.8 Å². The number of hydrogen-bond donors (Lipinski definition) is 1. The number of amides is 2. The Morgan fingerprint density at radius 1 is 1.00 bits per heavy atom. The van der Waals surface area contributed by atoms with E-state index in [9.17, 15) is 9.59 Å². The summed E-state index contributed by atoms with van der Waals surface area (Å²) in [4.78, 5) is 28.6. The Hall–Kier alpha value is -2.48. The molecule has 1 N–H and O–H groups in total. The number of nitrogens with one attached hydrogen (secondary N) is 1. The fourth-order valence-corrected chi connectivity index (χ4v) is 3.10. The number of ether oxygens (including phenoxy) is 3. The zero-order valence-corrected chi connectivity index (χ0v) is 18.8. The van der Waals surface area contributed by atoms with E-state index in [-0.39, 0.29) is 12.0 Å². The molecule has 1 aromatic rings. The monoisotopic (exact) mass is 421 g/mol. The summed E-state index contributed by atoms with van der Waals surface area (Å²) in [7, 11) is 0. The molecule has 2 rings (SSSR count). The van der Waals surface area contributed by atoms with Crippen molar-refractivity contribution in [3.05, 3.63) is 23.8 Å². The van der Waals surface area contributed by atoms with Gasteiger partial charge in [0.25, 0.3) is 5.91 Å². The van der Waals surface area contributed by atoms with Gasteiger partial charge in [-0.1, -0.05) is 0 Å². The third-order valence-corrected chi connectivity index (χ3v) is 4.54. The van der Waals surface area contributed by atoms with Gasteiger partial charge < -0.3 is 24.4 Å². The summed E-state index contributed by atoms with van der Waals surface area (Å²) in [5.41, 5.74) is 0.0538. The van der Waals surface area contributed by atoms with Gasteiger partial charge in [-0.05, 0) is 52.8 Å². The Labute approximate surface area is 179 Å². The number of rotatable bonds is 8. The molecule has 2 amide bonds. The van der Waals surface area contributed by atoms with Crippen LogP contribution in [0, 0.1) is 0 Å². The molecule has 168 valence electrons. The Balaban J connectivity index is 1.77. The Bertz CT molecular complexity index is 709. The predicted molar refractivity (Wildman–Crippen MR) is 115 cm³/mol. The first kappa shape index (κ1) is 23.8. The molecule has 1 aromatic carbocycles. The highest BCUT2D eigenvalue weighted by atomic mass is 16.6. The van der Waals surface area contributed by atoms with E-state index in [2.05, 4.69) is 10.2 Å². The summed E-state index contributed by atoms with van der Waals surface area (Å²) >= 11 is 0. The molecule has 1 fully saturated rings. The maximum atomic E-state index is 12.5. The van der Waals surface area contributed by atoms with Gasteiger partial charge in [0.1, 0.15) is 5.60 Å². The highest BCUT2D eigenvalue weighted by Crippen LogP contribution is 2.28. The van der Waals surface area contributed by atoms with Gasteiger partial charge in [0.05, 0.1) is 13.2 Å². The molecule has 8 nitrogen and oxygen atoms in total. The van der Waals surface area contributed by atoms with Crippen molar-refractivity contribution in [2.75, 3.05) is 52.5 Å². The van der Waals surface area contributed by atoms with E-state index in [0.717, 1.165) is 19.6 Å². The molecular weight excluding hydrogens is 386 g/mol. The molecular formula is C22H35N3O5. The summed E-state index contributed by atoms with van der Waals surface area (Å²) in [5.74, 6) is 1.07. The fraction of sp³-hybridized carbons (Fsp3) is 0.636. The van der Waals surface area contributed by atoms with Crippen LogP contribution in [0.5, 0.6) is 11.5 Å². The van der Waals surface area contributed by atoms with Crippen molar-refractivity contribution in [2.45, 2.75) is 40.2 Å². The van der Waals surface area contributed by atoms with Crippen molar-refractivity contribution in [3.8, 4) is 11.5 Å². The van der Waals surface area contributed by atoms with Crippen LogP contribution in [-0.2, 0) is 4.74 Å². The van der Waals surface area contributed by atoms with Gasteiger partial charge in [0.15, 0.2) is 11.5 Å². The lowest BCUT2D eigenvalue weighted by atomic mass is 10.2. The first-order chi connectivity index (χ1) is 14.2. The maximum absolute atomic E-state index is 12.5. The number of carbonyl (C=O) groups excluding carboxylic acids is 2. The standard InChI is InChI=1S/C22H35N3O5/c1-6-28-18-9-8-17(16-19(18)29-7-2)20(26)23-10-11-24-12-14-25(15-13-24)21(27)30-22(3,4)5/h8-9,16H,6-7,10-15H2,1-5H3,(H,23,26). The van der Waals surface area contributed by atoms with E-state index >= 15 is 0 Å². The number of hydrogen-bond acceptors (Lipinski definition) is 6.